The summed E-state index contributed by atoms with van der Waals surface area (Å²) in [6.07, 6.45) is 4.74. The van der Waals surface area contributed by atoms with Crippen LogP contribution in [0.2, 0.25) is 0 Å². The van der Waals surface area contributed by atoms with Crippen LogP contribution in [0.25, 0.3) is 0 Å². The molecule has 0 unspecified atom stereocenters. The van der Waals surface area contributed by atoms with Gasteiger partial charge in [0, 0.05) is 24.4 Å². The Morgan fingerprint density at radius 2 is 1.85 bits per heavy atom. The highest BCUT2D eigenvalue weighted by Crippen LogP contribution is 2.34. The van der Waals surface area contributed by atoms with Crippen LogP contribution in [0.3, 0.4) is 0 Å². The van der Waals surface area contributed by atoms with Crippen LogP contribution in [-0.2, 0) is 9.47 Å². The monoisotopic (exact) mass is 275 g/mol. The topological polar surface area (TPSA) is 47.6 Å². The largest absolute Gasteiger partial charge is 0.349 e. The quantitative estimate of drug-likeness (QED) is 0.902. The van der Waals surface area contributed by atoms with Gasteiger partial charge in [-0.15, -0.1) is 0 Å². The number of hydrogen-bond acceptors (Lipinski definition) is 3. The highest BCUT2D eigenvalue weighted by Gasteiger charge is 2.38. The number of nitrogens with one attached hydrogen (secondary N) is 1. The fourth-order valence-corrected chi connectivity index (χ4v) is 3.07. The van der Waals surface area contributed by atoms with Crippen LogP contribution in [0.15, 0.2) is 30.3 Å². The van der Waals surface area contributed by atoms with E-state index in [1.807, 2.05) is 30.3 Å². The molecule has 1 aliphatic heterocycles. The maximum atomic E-state index is 12.2. The fraction of sp³-hybridized carbons (Fsp3) is 0.562. The Morgan fingerprint density at radius 3 is 2.60 bits per heavy atom. The van der Waals surface area contributed by atoms with Gasteiger partial charge in [0.1, 0.15) is 0 Å². The third-order valence-electron chi connectivity index (χ3n) is 4.17. The van der Waals surface area contributed by atoms with Crippen molar-refractivity contribution < 1.29 is 14.3 Å². The minimum absolute atomic E-state index is 0.0137. The molecule has 1 heterocycles. The van der Waals surface area contributed by atoms with E-state index < -0.39 is 0 Å². The molecule has 1 spiro atoms. The lowest BCUT2D eigenvalue weighted by Gasteiger charge is -2.25. The van der Waals surface area contributed by atoms with E-state index in [9.17, 15) is 4.79 Å². The summed E-state index contributed by atoms with van der Waals surface area (Å²) in [4.78, 5) is 12.2. The molecule has 0 bridgehead atoms. The predicted molar refractivity (Wildman–Crippen MR) is 75.4 cm³/mol. The third-order valence-corrected chi connectivity index (χ3v) is 4.17. The minimum atomic E-state index is -0.369. The van der Waals surface area contributed by atoms with Gasteiger partial charge in [-0.2, -0.15) is 0 Å². The van der Waals surface area contributed by atoms with Gasteiger partial charge in [0.2, 0.25) is 0 Å². The molecule has 1 aromatic carbocycles. The number of carbonyl (C=O) groups is 1. The Kier molecular flexibility index (Phi) is 4.03. The van der Waals surface area contributed by atoms with Crippen molar-refractivity contribution in [1.82, 2.24) is 5.32 Å². The van der Waals surface area contributed by atoms with E-state index in [0.717, 1.165) is 37.7 Å². The lowest BCUT2D eigenvalue weighted by atomic mass is 10.1. The van der Waals surface area contributed by atoms with Gasteiger partial charge in [0.15, 0.2) is 5.79 Å². The summed E-state index contributed by atoms with van der Waals surface area (Å²) in [5.41, 5.74) is 0.722. The Morgan fingerprint density at radius 1 is 1.10 bits per heavy atom. The second kappa shape index (κ2) is 5.94. The second-order valence-corrected chi connectivity index (χ2v) is 5.57. The first-order valence-electron chi connectivity index (χ1n) is 7.41. The van der Waals surface area contributed by atoms with E-state index in [-0.39, 0.29) is 17.7 Å². The molecule has 3 rings (SSSR count). The van der Waals surface area contributed by atoms with Crippen molar-refractivity contribution in [1.29, 1.82) is 0 Å². The van der Waals surface area contributed by atoms with E-state index in [1.54, 1.807) is 0 Å². The number of amides is 1. The van der Waals surface area contributed by atoms with Crippen molar-refractivity contribution in [3.8, 4) is 0 Å². The molecule has 1 atom stereocenters. The SMILES string of the molecule is O=C(N[C@H]1CCCC2(CC1)OCCO2)c1ccccc1. The smallest absolute Gasteiger partial charge is 0.251 e. The molecular formula is C16H21NO3. The molecule has 1 N–H and O–H groups in total. The van der Waals surface area contributed by atoms with Gasteiger partial charge in [-0.25, -0.2) is 0 Å². The van der Waals surface area contributed by atoms with Gasteiger partial charge in [-0.05, 0) is 31.4 Å². The van der Waals surface area contributed by atoms with Crippen LogP contribution < -0.4 is 5.32 Å². The van der Waals surface area contributed by atoms with Gasteiger partial charge in [0.25, 0.3) is 5.91 Å². The number of rotatable bonds is 2. The lowest BCUT2D eigenvalue weighted by molar-refractivity contribution is -0.165. The first-order valence-corrected chi connectivity index (χ1v) is 7.41. The maximum absolute atomic E-state index is 12.2. The van der Waals surface area contributed by atoms with Crippen LogP contribution >= 0.6 is 0 Å². The molecular weight excluding hydrogens is 254 g/mol. The minimum Gasteiger partial charge on any atom is -0.349 e. The normalized spacial score (nSPS) is 25.3. The van der Waals surface area contributed by atoms with Crippen molar-refractivity contribution in [2.75, 3.05) is 13.2 Å². The zero-order valence-corrected chi connectivity index (χ0v) is 11.6. The summed E-state index contributed by atoms with van der Waals surface area (Å²) < 4.78 is 11.5. The number of carbonyl (C=O) groups excluding carboxylic acids is 1. The highest BCUT2D eigenvalue weighted by molar-refractivity contribution is 5.94. The number of ether oxygens (including phenoxy) is 2. The van der Waals surface area contributed by atoms with Gasteiger partial charge < -0.3 is 14.8 Å². The first-order chi connectivity index (χ1) is 9.77. The molecule has 0 aromatic heterocycles. The average Bonchev–Trinajstić information content (AvgIpc) is 2.85. The van der Waals surface area contributed by atoms with Gasteiger partial charge >= 0.3 is 0 Å². The second-order valence-electron chi connectivity index (χ2n) is 5.57. The van der Waals surface area contributed by atoms with Crippen LogP contribution in [0, 0.1) is 0 Å². The van der Waals surface area contributed by atoms with Crippen LogP contribution in [-0.4, -0.2) is 30.9 Å². The average molecular weight is 275 g/mol. The standard InChI is InChI=1S/C16H21NO3/c18-15(13-5-2-1-3-6-13)17-14-7-4-9-16(10-8-14)19-11-12-20-16/h1-3,5-6,14H,4,7-12H2,(H,17,18)/t14-/m0/s1. The van der Waals surface area contributed by atoms with Crippen LogP contribution in [0.1, 0.15) is 42.5 Å². The molecule has 0 radical (unpaired) electrons. The molecule has 1 aliphatic carbocycles. The molecule has 1 aromatic rings. The van der Waals surface area contributed by atoms with E-state index >= 15 is 0 Å². The Hall–Kier alpha value is -1.39. The summed E-state index contributed by atoms with van der Waals surface area (Å²) in [6, 6.07) is 9.60. The molecule has 1 amide bonds. The molecule has 1 saturated carbocycles. The van der Waals surface area contributed by atoms with E-state index in [1.165, 1.54) is 0 Å². The summed E-state index contributed by atoms with van der Waals surface area (Å²) in [6.45, 7) is 1.39. The Bertz CT molecular complexity index is 454. The summed E-state index contributed by atoms with van der Waals surface area (Å²) in [5.74, 6) is -0.355. The highest BCUT2D eigenvalue weighted by atomic mass is 16.7. The zero-order chi connectivity index (χ0) is 13.8. The third kappa shape index (κ3) is 3.02. The predicted octanol–water partition coefficient (Wildman–Crippen LogP) is 2.49. The first kappa shape index (κ1) is 13.6. The van der Waals surface area contributed by atoms with Crippen molar-refractivity contribution in [3.05, 3.63) is 35.9 Å². The fourth-order valence-electron chi connectivity index (χ4n) is 3.07. The molecule has 1 saturated heterocycles. The van der Waals surface area contributed by atoms with Gasteiger partial charge in [-0.3, -0.25) is 4.79 Å². The zero-order valence-electron chi connectivity index (χ0n) is 11.6. The molecule has 2 aliphatic rings. The summed E-state index contributed by atoms with van der Waals surface area (Å²) in [7, 11) is 0. The molecule has 4 heteroatoms. The van der Waals surface area contributed by atoms with Crippen molar-refractivity contribution >= 4 is 5.91 Å². The van der Waals surface area contributed by atoms with Gasteiger partial charge in [0.05, 0.1) is 13.2 Å². The molecule has 108 valence electrons. The van der Waals surface area contributed by atoms with E-state index in [0.29, 0.717) is 13.2 Å². The molecule has 20 heavy (non-hydrogen) atoms. The summed E-state index contributed by atoms with van der Waals surface area (Å²) in [5, 5.41) is 3.13. The van der Waals surface area contributed by atoms with E-state index in [4.69, 9.17) is 9.47 Å². The maximum Gasteiger partial charge on any atom is 0.251 e. The van der Waals surface area contributed by atoms with Crippen molar-refractivity contribution in [2.24, 2.45) is 0 Å². The number of hydrogen-bond donors (Lipinski definition) is 1. The lowest BCUT2D eigenvalue weighted by Crippen LogP contribution is -2.35. The summed E-state index contributed by atoms with van der Waals surface area (Å²) >= 11 is 0. The number of benzene rings is 1. The van der Waals surface area contributed by atoms with Crippen LogP contribution in [0.5, 0.6) is 0 Å². The molecule has 2 fully saturated rings. The Balaban J connectivity index is 1.57. The van der Waals surface area contributed by atoms with Crippen molar-refractivity contribution in [3.63, 3.8) is 0 Å². The Labute approximate surface area is 119 Å². The van der Waals surface area contributed by atoms with E-state index in [2.05, 4.69) is 5.32 Å². The van der Waals surface area contributed by atoms with Gasteiger partial charge in [-0.1, -0.05) is 18.2 Å². The van der Waals surface area contributed by atoms with Crippen molar-refractivity contribution in [2.45, 2.75) is 43.9 Å². The van der Waals surface area contributed by atoms with Crippen LogP contribution in [0.4, 0.5) is 0 Å². The molecule has 4 nitrogen and oxygen atoms in total.